The van der Waals surface area contributed by atoms with Crippen LogP contribution in [0.25, 0.3) is 0 Å². The number of thioether (sulfide) groups is 1. The number of guanidine groups is 1. The smallest absolute Gasteiger partial charge is 0.355 e. The highest BCUT2D eigenvalue weighted by atomic mass is 127. The van der Waals surface area contributed by atoms with Gasteiger partial charge in [-0.1, -0.05) is 6.07 Å². The van der Waals surface area contributed by atoms with Crippen LogP contribution in [0, 0.1) is 5.82 Å². The Morgan fingerprint density at radius 3 is 2.33 bits per heavy atom. The normalized spacial score (nSPS) is 12.6. The second-order valence-corrected chi connectivity index (χ2v) is 7.06. The number of hydrogen-bond donors (Lipinski definition) is 2. The van der Waals surface area contributed by atoms with Crippen LogP contribution in [0.15, 0.2) is 23.2 Å². The number of alkyl halides is 3. The van der Waals surface area contributed by atoms with Crippen LogP contribution in [0.1, 0.15) is 25.0 Å². The minimum Gasteiger partial charge on any atom is -0.355 e. The van der Waals surface area contributed by atoms with E-state index in [0.29, 0.717) is 18.6 Å². The Morgan fingerprint density at radius 2 is 1.83 bits per heavy atom. The topological polar surface area (TPSA) is 36.4 Å². The van der Waals surface area contributed by atoms with Crippen molar-refractivity contribution >= 4 is 41.7 Å². The number of hydrogen-bond acceptors (Lipinski definition) is 2. The Kier molecular flexibility index (Phi) is 9.40. The lowest BCUT2D eigenvalue weighted by Crippen LogP contribution is -2.43. The summed E-state index contributed by atoms with van der Waals surface area (Å²) >= 11 is 1.67. The molecule has 0 saturated carbocycles. The van der Waals surface area contributed by atoms with Crippen molar-refractivity contribution in [3.05, 3.63) is 35.1 Å². The zero-order valence-electron chi connectivity index (χ0n) is 13.9. The van der Waals surface area contributed by atoms with Crippen molar-refractivity contribution in [1.29, 1.82) is 0 Å². The molecule has 0 amide bonds. The number of aliphatic imine (C=N–C) groups is 1. The van der Waals surface area contributed by atoms with Gasteiger partial charge in [0, 0.05) is 24.9 Å². The molecule has 0 saturated heterocycles. The van der Waals surface area contributed by atoms with Crippen LogP contribution in [0.2, 0.25) is 0 Å². The first-order valence-electron chi connectivity index (χ1n) is 6.94. The van der Waals surface area contributed by atoms with Gasteiger partial charge in [0.1, 0.15) is 5.82 Å². The highest BCUT2D eigenvalue weighted by molar-refractivity contribution is 14.0. The van der Waals surface area contributed by atoms with Crippen LogP contribution in [0.3, 0.4) is 0 Å². The van der Waals surface area contributed by atoms with Crippen molar-refractivity contribution in [2.24, 2.45) is 4.99 Å². The van der Waals surface area contributed by atoms with Gasteiger partial charge in [-0.15, -0.1) is 24.0 Å². The molecule has 3 nitrogen and oxygen atoms in total. The zero-order chi connectivity index (χ0) is 17.7. The average molecular weight is 479 g/mol. The van der Waals surface area contributed by atoms with Gasteiger partial charge < -0.3 is 10.6 Å². The van der Waals surface area contributed by atoms with Gasteiger partial charge in [-0.2, -0.15) is 24.9 Å². The molecule has 0 unspecified atom stereocenters. The molecule has 1 rings (SSSR count). The molecule has 0 spiro atoms. The van der Waals surface area contributed by atoms with Gasteiger partial charge >= 0.3 is 6.18 Å². The summed E-state index contributed by atoms with van der Waals surface area (Å²) in [6.45, 7) is 4.58. The molecule has 1 aromatic rings. The molecule has 0 heterocycles. The summed E-state index contributed by atoms with van der Waals surface area (Å²) in [6.07, 6.45) is -2.62. The van der Waals surface area contributed by atoms with Crippen LogP contribution in [-0.2, 0) is 12.7 Å². The Labute approximate surface area is 161 Å². The molecule has 1 aromatic carbocycles. The van der Waals surface area contributed by atoms with Crippen LogP contribution in [0.5, 0.6) is 0 Å². The molecule has 0 fully saturated rings. The van der Waals surface area contributed by atoms with Crippen molar-refractivity contribution in [3.63, 3.8) is 0 Å². The Balaban J connectivity index is 0.00000529. The zero-order valence-corrected chi connectivity index (χ0v) is 17.1. The molecule has 0 bridgehead atoms. The van der Waals surface area contributed by atoms with E-state index >= 15 is 0 Å². The third-order valence-electron chi connectivity index (χ3n) is 3.28. The first-order valence-corrected chi connectivity index (χ1v) is 8.17. The summed E-state index contributed by atoms with van der Waals surface area (Å²) in [5, 5.41) is 5.88. The number of benzene rings is 1. The maximum Gasteiger partial charge on any atom is 0.416 e. The number of rotatable bonds is 5. The molecule has 0 aromatic heterocycles. The summed E-state index contributed by atoms with van der Waals surface area (Å²) in [5.74, 6) is -0.519. The van der Waals surface area contributed by atoms with Gasteiger partial charge in [0.25, 0.3) is 0 Å². The van der Waals surface area contributed by atoms with E-state index in [0.717, 1.165) is 12.1 Å². The summed E-state index contributed by atoms with van der Waals surface area (Å²) in [7, 11) is 1.54. The fourth-order valence-electron chi connectivity index (χ4n) is 1.74. The quantitative estimate of drug-likeness (QED) is 0.287. The monoisotopic (exact) mass is 479 g/mol. The maximum atomic E-state index is 13.1. The third kappa shape index (κ3) is 7.45. The molecule has 138 valence electrons. The lowest BCUT2D eigenvalue weighted by atomic mass is 10.1. The van der Waals surface area contributed by atoms with E-state index < -0.39 is 17.6 Å². The molecule has 24 heavy (non-hydrogen) atoms. The first-order chi connectivity index (χ1) is 10.6. The molecule has 0 atom stereocenters. The van der Waals surface area contributed by atoms with E-state index in [1.54, 1.807) is 11.8 Å². The van der Waals surface area contributed by atoms with Gasteiger partial charge in [-0.05, 0) is 37.8 Å². The van der Waals surface area contributed by atoms with Crippen LogP contribution >= 0.6 is 35.7 Å². The number of nitrogens with zero attached hydrogens (tertiary/aromatic N) is 1. The molecule has 0 aliphatic carbocycles. The SMILES string of the molecule is CN=C(NCc1ccc(F)cc1C(F)(F)F)NCC(C)(C)SC.I. The van der Waals surface area contributed by atoms with Crippen molar-refractivity contribution in [3.8, 4) is 0 Å². The molecular formula is C15H22F4IN3S. The van der Waals surface area contributed by atoms with Gasteiger partial charge in [0.2, 0.25) is 0 Å². The lowest BCUT2D eigenvalue weighted by Gasteiger charge is -2.24. The van der Waals surface area contributed by atoms with Gasteiger partial charge in [0.15, 0.2) is 5.96 Å². The molecule has 2 N–H and O–H groups in total. The highest BCUT2D eigenvalue weighted by Crippen LogP contribution is 2.32. The Hall–Kier alpha value is -0.710. The standard InChI is InChI=1S/C15H21F4N3S.HI/c1-14(2,23-4)9-22-13(20-3)21-8-10-5-6-11(16)7-12(10)15(17,18)19;/h5-7H,8-9H2,1-4H3,(H2,20,21,22);1H. The number of nitrogens with one attached hydrogen (secondary N) is 2. The van der Waals surface area contributed by atoms with E-state index in [2.05, 4.69) is 15.6 Å². The second kappa shape index (κ2) is 9.69. The van der Waals surface area contributed by atoms with E-state index in [1.165, 1.54) is 7.05 Å². The van der Waals surface area contributed by atoms with Crippen LogP contribution in [-0.4, -0.2) is 30.6 Å². The molecule has 9 heteroatoms. The molecule has 0 aliphatic rings. The minimum atomic E-state index is -4.60. The Morgan fingerprint density at radius 1 is 1.21 bits per heavy atom. The minimum absolute atomic E-state index is 0. The fourth-order valence-corrected chi connectivity index (χ4v) is 1.95. The lowest BCUT2D eigenvalue weighted by molar-refractivity contribution is -0.138. The van der Waals surface area contributed by atoms with Crippen molar-refractivity contribution in [2.45, 2.75) is 31.3 Å². The summed E-state index contributed by atoms with van der Waals surface area (Å²) in [6, 6.07) is 2.65. The molecule has 0 radical (unpaired) electrons. The Bertz CT molecular complexity index is 562. The fraction of sp³-hybridized carbons (Fsp3) is 0.533. The molecular weight excluding hydrogens is 457 g/mol. The van der Waals surface area contributed by atoms with E-state index in [4.69, 9.17) is 0 Å². The van der Waals surface area contributed by atoms with Crippen LogP contribution in [0.4, 0.5) is 17.6 Å². The average Bonchev–Trinajstić information content (AvgIpc) is 2.47. The van der Waals surface area contributed by atoms with Gasteiger partial charge in [0.05, 0.1) is 5.56 Å². The number of halogens is 5. The van der Waals surface area contributed by atoms with Crippen LogP contribution < -0.4 is 10.6 Å². The molecule has 0 aliphatic heterocycles. The first kappa shape index (κ1) is 23.3. The maximum absolute atomic E-state index is 13.1. The van der Waals surface area contributed by atoms with Crippen molar-refractivity contribution < 1.29 is 17.6 Å². The summed E-state index contributed by atoms with van der Waals surface area (Å²) in [5.41, 5.74) is -1.02. The van der Waals surface area contributed by atoms with E-state index in [1.807, 2.05) is 20.1 Å². The summed E-state index contributed by atoms with van der Waals surface area (Å²) < 4.78 is 51.9. The highest BCUT2D eigenvalue weighted by Gasteiger charge is 2.33. The third-order valence-corrected chi connectivity index (χ3v) is 4.53. The summed E-state index contributed by atoms with van der Waals surface area (Å²) in [4.78, 5) is 3.98. The van der Waals surface area contributed by atoms with Gasteiger partial charge in [-0.25, -0.2) is 4.39 Å². The van der Waals surface area contributed by atoms with Crippen molar-refractivity contribution in [1.82, 2.24) is 10.6 Å². The van der Waals surface area contributed by atoms with E-state index in [-0.39, 0.29) is 40.8 Å². The predicted molar refractivity (Wildman–Crippen MR) is 103 cm³/mol. The van der Waals surface area contributed by atoms with E-state index in [9.17, 15) is 17.6 Å². The van der Waals surface area contributed by atoms with Gasteiger partial charge in [-0.3, -0.25) is 4.99 Å². The van der Waals surface area contributed by atoms with Crippen molar-refractivity contribution in [2.75, 3.05) is 19.8 Å². The predicted octanol–water partition coefficient (Wildman–Crippen LogP) is 4.27. The second-order valence-electron chi connectivity index (χ2n) is 5.54. The largest absolute Gasteiger partial charge is 0.416 e.